The van der Waals surface area contributed by atoms with Crippen molar-refractivity contribution in [2.45, 2.75) is 6.92 Å². The highest BCUT2D eigenvalue weighted by Crippen LogP contribution is 2.55. The second kappa shape index (κ2) is 14.5. The fourth-order valence-electron chi connectivity index (χ4n) is 11.6. The van der Waals surface area contributed by atoms with Crippen molar-refractivity contribution in [1.82, 2.24) is 9.13 Å². The lowest BCUT2D eigenvalue weighted by Crippen LogP contribution is -2.09. The molecule has 70 heavy (non-hydrogen) atoms. The van der Waals surface area contributed by atoms with Crippen LogP contribution in [-0.4, -0.2) is 9.13 Å². The highest BCUT2D eigenvalue weighted by Gasteiger charge is 2.34. The number of fused-ring (bicyclic) bond motifs is 18. The van der Waals surface area contributed by atoms with Crippen molar-refractivity contribution in [3.05, 3.63) is 211 Å². The lowest BCUT2D eigenvalue weighted by Gasteiger charge is -2.26. The van der Waals surface area contributed by atoms with Gasteiger partial charge >= 0.3 is 0 Å². The quantitative estimate of drug-likeness (QED) is 0.165. The van der Waals surface area contributed by atoms with E-state index in [-0.39, 0.29) is 0 Å². The van der Waals surface area contributed by atoms with Gasteiger partial charge in [-0.3, -0.25) is 0 Å². The predicted octanol–water partition coefficient (Wildman–Crippen LogP) is 18.6. The molecular formula is C63H34N4OS2. The van der Waals surface area contributed by atoms with E-state index in [0.29, 0.717) is 16.9 Å². The van der Waals surface area contributed by atoms with Crippen molar-refractivity contribution in [2.75, 3.05) is 0 Å². The molecule has 7 heteroatoms. The van der Waals surface area contributed by atoms with Crippen LogP contribution in [0.5, 0.6) is 0 Å². The summed E-state index contributed by atoms with van der Waals surface area (Å²) in [5, 5.41) is 23.2. The standard InChI is InChI=1S/C63H34N4OS2/c1-35-16-15-24-41-42-28-31-45-38-21-9-12-25-49(38)68-61(45)57(42)66(55(35)41)60-52(36-17-5-3-6-18-36)48(34-64)56(54(65-2)53(60)37-19-7-4-8-20-37)67-58-43(29-32-46-39-22-10-13-26-50(39)69-62(46)58)44-30-33-47-40-23-11-14-27-51(40)70-63(47)59(44)67/h3-33H,1H3. The molecule has 15 aromatic rings. The molecular weight excluding hydrogens is 893 g/mol. The first-order valence-electron chi connectivity index (χ1n) is 23.3. The van der Waals surface area contributed by atoms with Gasteiger partial charge in [-0.15, -0.1) is 22.7 Å². The molecule has 15 rings (SSSR count). The lowest BCUT2D eigenvalue weighted by molar-refractivity contribution is 0.671. The third kappa shape index (κ3) is 5.12. The van der Waals surface area contributed by atoms with Crippen molar-refractivity contribution >= 4 is 134 Å². The largest absolute Gasteiger partial charge is 0.454 e. The van der Waals surface area contributed by atoms with Crippen LogP contribution in [0, 0.1) is 24.8 Å². The van der Waals surface area contributed by atoms with Crippen LogP contribution >= 0.6 is 22.7 Å². The molecule has 5 nitrogen and oxygen atoms in total. The first kappa shape index (κ1) is 39.1. The van der Waals surface area contributed by atoms with Gasteiger partial charge in [0.15, 0.2) is 5.58 Å². The number of nitrogens with zero attached hydrogens (tertiary/aromatic N) is 4. The van der Waals surface area contributed by atoms with Crippen LogP contribution in [0.15, 0.2) is 192 Å². The summed E-state index contributed by atoms with van der Waals surface area (Å²) in [6, 6.07) is 68.7. The summed E-state index contributed by atoms with van der Waals surface area (Å²) in [6.45, 7) is 11.8. The van der Waals surface area contributed by atoms with Crippen molar-refractivity contribution in [1.29, 1.82) is 5.26 Å². The van der Waals surface area contributed by atoms with Crippen LogP contribution in [0.1, 0.15) is 11.1 Å². The van der Waals surface area contributed by atoms with Crippen LogP contribution in [0.4, 0.5) is 5.69 Å². The average molecular weight is 927 g/mol. The Morgan fingerprint density at radius 3 is 1.56 bits per heavy atom. The number of benzene rings is 10. The monoisotopic (exact) mass is 926 g/mol. The van der Waals surface area contributed by atoms with Crippen molar-refractivity contribution in [2.24, 2.45) is 0 Å². The SMILES string of the molecule is [C-]#[N+]c1c(-c2ccccc2)c(-n2c3c(C)cccc3c3ccc4c5ccccc5oc4c32)c(-c2ccccc2)c(C#N)c1-n1c2c(ccc3c4ccccc4sc32)c2ccc3c4ccccc4sc3c21. The Labute approximate surface area is 407 Å². The second-order valence-electron chi connectivity index (χ2n) is 18.1. The van der Waals surface area contributed by atoms with Crippen LogP contribution in [0.25, 0.3) is 144 Å². The fourth-order valence-corrected chi connectivity index (χ4v) is 14.1. The predicted molar refractivity (Wildman–Crippen MR) is 295 cm³/mol. The van der Waals surface area contributed by atoms with Gasteiger partial charge in [0.1, 0.15) is 11.7 Å². The zero-order chi connectivity index (χ0) is 46.4. The van der Waals surface area contributed by atoms with E-state index in [2.05, 4.69) is 162 Å². The summed E-state index contributed by atoms with van der Waals surface area (Å²) >= 11 is 3.54. The van der Waals surface area contributed by atoms with Crippen molar-refractivity contribution < 1.29 is 4.42 Å². The maximum absolute atomic E-state index is 12.3. The van der Waals surface area contributed by atoms with Gasteiger partial charge in [-0.2, -0.15) is 5.26 Å². The van der Waals surface area contributed by atoms with E-state index in [9.17, 15) is 11.8 Å². The molecule has 0 N–H and O–H groups in total. The number of aryl methyl sites for hydroxylation is 1. The zero-order valence-electron chi connectivity index (χ0n) is 37.4. The molecule has 5 heterocycles. The highest BCUT2D eigenvalue weighted by molar-refractivity contribution is 7.27. The number of furan rings is 1. The molecule has 0 fully saturated rings. The molecule has 0 saturated heterocycles. The molecule has 0 unspecified atom stereocenters. The molecule has 0 aliphatic heterocycles. The van der Waals surface area contributed by atoms with E-state index >= 15 is 0 Å². The molecule has 0 aliphatic carbocycles. The number of hydrogen-bond acceptors (Lipinski definition) is 4. The zero-order valence-corrected chi connectivity index (χ0v) is 39.0. The highest BCUT2D eigenvalue weighted by atomic mass is 32.1. The number of hydrogen-bond donors (Lipinski definition) is 0. The van der Waals surface area contributed by atoms with E-state index < -0.39 is 0 Å². The van der Waals surface area contributed by atoms with Gasteiger partial charge in [0.25, 0.3) is 0 Å². The van der Waals surface area contributed by atoms with Gasteiger partial charge in [0.05, 0.1) is 55.0 Å². The number of nitriles is 1. The summed E-state index contributed by atoms with van der Waals surface area (Å²) in [5.74, 6) is 0. The maximum atomic E-state index is 12.3. The van der Waals surface area contributed by atoms with Gasteiger partial charge in [0.2, 0.25) is 5.69 Å². The smallest absolute Gasteiger partial charge is 0.221 e. The Bertz CT molecular complexity index is 4650. The Hall–Kier alpha value is -8.98. The molecule has 0 bridgehead atoms. The maximum Gasteiger partial charge on any atom is 0.221 e. The molecule has 0 atom stereocenters. The molecule has 0 amide bonds. The minimum atomic E-state index is 0.396. The molecule has 0 spiro atoms. The lowest BCUT2D eigenvalue weighted by atomic mass is 9.88. The van der Waals surface area contributed by atoms with E-state index in [1.807, 2.05) is 48.5 Å². The molecule has 0 saturated carbocycles. The Morgan fingerprint density at radius 1 is 0.457 bits per heavy atom. The summed E-state index contributed by atoms with van der Waals surface area (Å²) < 4.78 is 16.2. The first-order valence-corrected chi connectivity index (χ1v) is 24.9. The van der Waals surface area contributed by atoms with Crippen LogP contribution in [-0.2, 0) is 0 Å². The normalized spacial score (nSPS) is 12.0. The van der Waals surface area contributed by atoms with Gasteiger partial charge in [-0.05, 0) is 47.9 Å². The topological polar surface area (TPSA) is 51.1 Å². The summed E-state index contributed by atoms with van der Waals surface area (Å²) in [4.78, 5) is 4.70. The summed E-state index contributed by atoms with van der Waals surface area (Å²) in [7, 11) is 0. The van der Waals surface area contributed by atoms with Gasteiger partial charge in [-0.25, -0.2) is 4.85 Å². The Morgan fingerprint density at radius 2 is 0.943 bits per heavy atom. The minimum Gasteiger partial charge on any atom is -0.454 e. The van der Waals surface area contributed by atoms with Gasteiger partial charge in [-0.1, -0.05) is 164 Å². The first-order chi connectivity index (χ1) is 34.6. The average Bonchev–Trinajstić information content (AvgIpc) is 4.23. The number of para-hydroxylation sites is 2. The van der Waals surface area contributed by atoms with Crippen molar-refractivity contribution in [3.8, 4) is 39.7 Å². The number of rotatable bonds is 4. The van der Waals surface area contributed by atoms with E-state index in [1.54, 1.807) is 22.7 Å². The van der Waals surface area contributed by atoms with E-state index in [4.69, 9.17) is 9.26 Å². The number of aromatic nitrogens is 2. The van der Waals surface area contributed by atoms with E-state index in [0.717, 1.165) is 119 Å². The van der Waals surface area contributed by atoms with Crippen LogP contribution in [0.3, 0.4) is 0 Å². The Kier molecular flexibility index (Phi) is 8.10. The second-order valence-corrected chi connectivity index (χ2v) is 20.2. The van der Waals surface area contributed by atoms with E-state index in [1.165, 1.54) is 20.2 Å². The minimum absolute atomic E-state index is 0.396. The number of thiophene rings is 2. The summed E-state index contributed by atoms with van der Waals surface area (Å²) in [5.41, 5.74) is 11.8. The molecule has 0 aliphatic rings. The molecule has 10 aromatic carbocycles. The van der Waals surface area contributed by atoms with Gasteiger partial charge < -0.3 is 13.6 Å². The Balaban J connectivity index is 1.24. The third-order valence-electron chi connectivity index (χ3n) is 14.5. The third-order valence-corrected chi connectivity index (χ3v) is 16.9. The molecule has 5 aromatic heterocycles. The van der Waals surface area contributed by atoms with Crippen LogP contribution < -0.4 is 0 Å². The molecule has 324 valence electrons. The van der Waals surface area contributed by atoms with Crippen molar-refractivity contribution in [3.63, 3.8) is 0 Å². The molecule has 0 radical (unpaired) electrons. The van der Waals surface area contributed by atoms with Crippen LogP contribution in [0.2, 0.25) is 0 Å². The summed E-state index contributed by atoms with van der Waals surface area (Å²) in [6.07, 6.45) is 0. The van der Waals surface area contributed by atoms with Gasteiger partial charge in [0, 0.05) is 74.4 Å². The fraction of sp³-hybridized carbons (Fsp3) is 0.0159.